The molecule has 0 aliphatic rings. The summed E-state index contributed by atoms with van der Waals surface area (Å²) in [5.41, 5.74) is 0. The number of carbonyl (C=O) groups excluding carboxylic acids is 1. The number of unbranched alkanes of at least 4 members (excludes halogenated alkanes) is 1. The van der Waals surface area contributed by atoms with Crippen LogP contribution in [0.15, 0.2) is 18.5 Å². The van der Waals surface area contributed by atoms with Gasteiger partial charge in [-0.1, -0.05) is 13.3 Å². The molecule has 0 unspecified atom stereocenters. The van der Waals surface area contributed by atoms with E-state index in [0.29, 0.717) is 12.6 Å². The summed E-state index contributed by atoms with van der Waals surface area (Å²) in [6, 6.07) is 1.73. The summed E-state index contributed by atoms with van der Waals surface area (Å²) in [6.45, 7) is 2.71. The molecule has 0 amide bonds. The number of anilines is 1. The standard InChI is InChI=1S/C11H17N3O2/c1-3-4-8-16-10(15)9-14(2)11-12-6-5-7-13-11/h5-7H,3-4,8-9H2,1-2H3. The van der Waals surface area contributed by atoms with E-state index in [0.717, 1.165) is 12.8 Å². The van der Waals surface area contributed by atoms with Crippen molar-refractivity contribution in [1.29, 1.82) is 0 Å². The first kappa shape index (κ1) is 12.4. The molecule has 5 heteroatoms. The summed E-state index contributed by atoms with van der Waals surface area (Å²) in [6.07, 6.45) is 5.20. The lowest BCUT2D eigenvalue weighted by molar-refractivity contribution is -0.142. The summed E-state index contributed by atoms with van der Waals surface area (Å²) in [5, 5.41) is 0. The van der Waals surface area contributed by atoms with Gasteiger partial charge in [-0.05, 0) is 12.5 Å². The molecule has 5 nitrogen and oxygen atoms in total. The number of rotatable bonds is 6. The highest BCUT2D eigenvalue weighted by Crippen LogP contribution is 2.01. The van der Waals surface area contributed by atoms with Crippen molar-refractivity contribution in [3.05, 3.63) is 18.5 Å². The van der Waals surface area contributed by atoms with Crippen molar-refractivity contribution in [1.82, 2.24) is 9.97 Å². The maximum Gasteiger partial charge on any atom is 0.325 e. The van der Waals surface area contributed by atoms with Crippen LogP contribution in [0.2, 0.25) is 0 Å². The normalized spacial score (nSPS) is 9.88. The lowest BCUT2D eigenvalue weighted by atomic mass is 10.4. The number of hydrogen-bond donors (Lipinski definition) is 0. The highest BCUT2D eigenvalue weighted by atomic mass is 16.5. The molecule has 0 fully saturated rings. The molecule has 16 heavy (non-hydrogen) atoms. The summed E-state index contributed by atoms with van der Waals surface area (Å²) in [4.78, 5) is 21.1. The van der Waals surface area contributed by atoms with E-state index in [-0.39, 0.29) is 12.5 Å². The van der Waals surface area contributed by atoms with E-state index in [1.165, 1.54) is 0 Å². The first-order chi connectivity index (χ1) is 7.74. The average molecular weight is 223 g/mol. The summed E-state index contributed by atoms with van der Waals surface area (Å²) in [5.74, 6) is 0.276. The topological polar surface area (TPSA) is 55.3 Å². The second kappa shape index (κ2) is 6.76. The Morgan fingerprint density at radius 2 is 2.12 bits per heavy atom. The fraction of sp³-hybridized carbons (Fsp3) is 0.545. The van der Waals surface area contributed by atoms with Crippen LogP contribution in [0.1, 0.15) is 19.8 Å². The summed E-state index contributed by atoms with van der Waals surface area (Å²) < 4.78 is 5.04. The van der Waals surface area contributed by atoms with Crippen LogP contribution >= 0.6 is 0 Å². The van der Waals surface area contributed by atoms with E-state index in [1.807, 2.05) is 0 Å². The predicted octanol–water partition coefficient (Wildman–Crippen LogP) is 1.26. The molecule has 1 aromatic heterocycles. The van der Waals surface area contributed by atoms with Crippen LogP contribution < -0.4 is 4.90 Å². The van der Waals surface area contributed by atoms with Crippen LogP contribution in [0.25, 0.3) is 0 Å². The Morgan fingerprint density at radius 3 is 2.75 bits per heavy atom. The van der Waals surface area contributed by atoms with Crippen LogP contribution in [-0.4, -0.2) is 36.1 Å². The van der Waals surface area contributed by atoms with Gasteiger partial charge in [-0.3, -0.25) is 4.79 Å². The van der Waals surface area contributed by atoms with E-state index in [9.17, 15) is 4.79 Å². The van der Waals surface area contributed by atoms with Crippen molar-refractivity contribution >= 4 is 11.9 Å². The molecule has 88 valence electrons. The molecule has 0 radical (unpaired) electrons. The predicted molar refractivity (Wildman–Crippen MR) is 61.2 cm³/mol. The van der Waals surface area contributed by atoms with Crippen molar-refractivity contribution in [3.63, 3.8) is 0 Å². The van der Waals surface area contributed by atoms with E-state index < -0.39 is 0 Å². The van der Waals surface area contributed by atoms with Crippen molar-refractivity contribution in [3.8, 4) is 0 Å². The highest BCUT2D eigenvalue weighted by Gasteiger charge is 2.09. The molecule has 1 heterocycles. The SMILES string of the molecule is CCCCOC(=O)CN(C)c1ncccn1. The average Bonchev–Trinajstić information content (AvgIpc) is 2.30. The van der Waals surface area contributed by atoms with Gasteiger partial charge in [-0.2, -0.15) is 0 Å². The fourth-order valence-electron chi connectivity index (χ4n) is 1.13. The van der Waals surface area contributed by atoms with E-state index in [2.05, 4.69) is 16.9 Å². The van der Waals surface area contributed by atoms with Gasteiger partial charge in [-0.25, -0.2) is 9.97 Å². The zero-order valence-corrected chi connectivity index (χ0v) is 9.72. The van der Waals surface area contributed by atoms with Gasteiger partial charge in [0.2, 0.25) is 5.95 Å². The Morgan fingerprint density at radius 1 is 1.44 bits per heavy atom. The quantitative estimate of drug-likeness (QED) is 0.536. The zero-order valence-electron chi connectivity index (χ0n) is 9.72. The summed E-state index contributed by atoms with van der Waals surface area (Å²) in [7, 11) is 1.76. The number of carbonyl (C=O) groups is 1. The number of likely N-dealkylation sites (N-methyl/N-ethyl adjacent to an activating group) is 1. The summed E-state index contributed by atoms with van der Waals surface area (Å²) >= 11 is 0. The second-order valence-electron chi connectivity index (χ2n) is 3.48. The Labute approximate surface area is 95.5 Å². The third-order valence-electron chi connectivity index (χ3n) is 2.02. The van der Waals surface area contributed by atoms with Crippen LogP contribution in [0.5, 0.6) is 0 Å². The minimum Gasteiger partial charge on any atom is -0.464 e. The first-order valence-corrected chi connectivity index (χ1v) is 5.37. The smallest absolute Gasteiger partial charge is 0.325 e. The van der Waals surface area contributed by atoms with E-state index >= 15 is 0 Å². The number of esters is 1. The van der Waals surface area contributed by atoms with Gasteiger partial charge >= 0.3 is 5.97 Å². The Hall–Kier alpha value is -1.65. The largest absolute Gasteiger partial charge is 0.464 e. The van der Waals surface area contributed by atoms with Crippen molar-refractivity contribution in [2.75, 3.05) is 25.1 Å². The van der Waals surface area contributed by atoms with E-state index in [1.54, 1.807) is 30.4 Å². The second-order valence-corrected chi connectivity index (χ2v) is 3.48. The van der Waals surface area contributed by atoms with Crippen LogP contribution in [0.4, 0.5) is 5.95 Å². The van der Waals surface area contributed by atoms with Gasteiger partial charge in [0.05, 0.1) is 6.61 Å². The fourth-order valence-corrected chi connectivity index (χ4v) is 1.13. The number of nitrogens with zero attached hydrogens (tertiary/aromatic N) is 3. The van der Waals surface area contributed by atoms with Crippen molar-refractivity contribution in [2.45, 2.75) is 19.8 Å². The zero-order chi connectivity index (χ0) is 11.8. The minimum absolute atomic E-state index is 0.174. The van der Waals surface area contributed by atoms with Gasteiger partial charge in [-0.15, -0.1) is 0 Å². The number of aromatic nitrogens is 2. The lowest BCUT2D eigenvalue weighted by Gasteiger charge is -2.15. The number of hydrogen-bond acceptors (Lipinski definition) is 5. The lowest BCUT2D eigenvalue weighted by Crippen LogP contribution is -2.28. The number of ether oxygens (including phenoxy) is 1. The maximum absolute atomic E-state index is 11.4. The monoisotopic (exact) mass is 223 g/mol. The minimum atomic E-state index is -0.247. The highest BCUT2D eigenvalue weighted by molar-refractivity contribution is 5.74. The van der Waals surface area contributed by atoms with Gasteiger partial charge in [0.25, 0.3) is 0 Å². The third-order valence-corrected chi connectivity index (χ3v) is 2.02. The molecule has 0 saturated carbocycles. The van der Waals surface area contributed by atoms with Crippen molar-refractivity contribution < 1.29 is 9.53 Å². The van der Waals surface area contributed by atoms with Gasteiger partial charge < -0.3 is 9.64 Å². The molecule has 1 rings (SSSR count). The maximum atomic E-state index is 11.4. The Balaban J connectivity index is 2.34. The molecule has 0 saturated heterocycles. The Kier molecular flexibility index (Phi) is 5.25. The van der Waals surface area contributed by atoms with Crippen molar-refractivity contribution in [2.24, 2.45) is 0 Å². The molecule has 0 spiro atoms. The molecule has 0 aromatic carbocycles. The van der Waals surface area contributed by atoms with Crippen LogP contribution in [0.3, 0.4) is 0 Å². The molecule has 0 N–H and O–H groups in total. The van der Waals surface area contributed by atoms with Crippen LogP contribution in [-0.2, 0) is 9.53 Å². The molecule has 1 aromatic rings. The van der Waals surface area contributed by atoms with Gasteiger partial charge in [0.15, 0.2) is 0 Å². The molecular formula is C11H17N3O2. The molecule has 0 bridgehead atoms. The van der Waals surface area contributed by atoms with Gasteiger partial charge in [0, 0.05) is 19.4 Å². The molecule has 0 atom stereocenters. The van der Waals surface area contributed by atoms with Gasteiger partial charge in [0.1, 0.15) is 6.54 Å². The molecule has 0 aliphatic heterocycles. The van der Waals surface area contributed by atoms with Crippen LogP contribution in [0, 0.1) is 0 Å². The third kappa shape index (κ3) is 4.25. The Bertz CT molecular complexity index is 316. The van der Waals surface area contributed by atoms with E-state index in [4.69, 9.17) is 4.74 Å². The molecule has 0 aliphatic carbocycles. The molecular weight excluding hydrogens is 206 g/mol. The first-order valence-electron chi connectivity index (χ1n) is 5.37.